The van der Waals surface area contributed by atoms with Crippen molar-refractivity contribution in [1.82, 2.24) is 9.80 Å². The molecule has 2 aliphatic rings. The van der Waals surface area contributed by atoms with Crippen molar-refractivity contribution in [3.63, 3.8) is 0 Å². The van der Waals surface area contributed by atoms with Crippen LogP contribution in [0.4, 0.5) is 0 Å². The number of carbonyl (C=O) groups excluding carboxylic acids is 2. The maximum Gasteiger partial charge on any atom is 0.226 e. The van der Waals surface area contributed by atoms with E-state index in [0.29, 0.717) is 32.1 Å². The minimum absolute atomic E-state index is 0.103. The molecule has 118 valence electrons. The Morgan fingerprint density at radius 3 is 2.23 bits per heavy atom. The van der Waals surface area contributed by atoms with Gasteiger partial charge in [-0.3, -0.25) is 9.59 Å². The summed E-state index contributed by atoms with van der Waals surface area (Å²) in [7, 11) is 0. The van der Waals surface area contributed by atoms with Gasteiger partial charge in [-0.2, -0.15) is 0 Å². The lowest BCUT2D eigenvalue weighted by Crippen LogP contribution is -2.50. The lowest BCUT2D eigenvalue weighted by Gasteiger charge is -2.34. The van der Waals surface area contributed by atoms with Crippen molar-refractivity contribution in [3.05, 3.63) is 34.9 Å². The molecule has 1 heterocycles. The molecule has 2 fully saturated rings. The second kappa shape index (κ2) is 5.75. The van der Waals surface area contributed by atoms with Gasteiger partial charge in [0.05, 0.1) is 0 Å². The number of rotatable bonds is 2. The van der Waals surface area contributed by atoms with Gasteiger partial charge in [0.1, 0.15) is 0 Å². The molecule has 4 nitrogen and oxygen atoms in total. The van der Waals surface area contributed by atoms with Gasteiger partial charge in [0, 0.05) is 39.0 Å². The largest absolute Gasteiger partial charge is 0.339 e. The smallest absolute Gasteiger partial charge is 0.226 e. The maximum absolute atomic E-state index is 12.6. The molecule has 0 bridgehead atoms. The molecule has 0 unspecified atom stereocenters. The number of benzene rings is 1. The van der Waals surface area contributed by atoms with E-state index in [1.807, 2.05) is 9.80 Å². The van der Waals surface area contributed by atoms with Crippen LogP contribution in [0.15, 0.2) is 18.2 Å². The quantitative estimate of drug-likeness (QED) is 0.839. The standard InChI is InChI=1S/C18H24N2O2/c1-12-4-5-15(10-13(12)2)16-11-17(16)18(22)20-8-6-19(7-9-20)14(3)21/h4-5,10,16-17H,6-9,11H2,1-3H3/t16-,17-/m0/s1. The van der Waals surface area contributed by atoms with Gasteiger partial charge in [-0.1, -0.05) is 18.2 Å². The Hall–Kier alpha value is -1.84. The first-order valence-corrected chi connectivity index (χ1v) is 8.09. The fraction of sp³-hybridized carbons (Fsp3) is 0.556. The maximum atomic E-state index is 12.6. The highest BCUT2D eigenvalue weighted by molar-refractivity contribution is 5.83. The highest BCUT2D eigenvalue weighted by atomic mass is 16.2. The zero-order chi connectivity index (χ0) is 15.9. The summed E-state index contributed by atoms with van der Waals surface area (Å²) in [5.41, 5.74) is 3.89. The van der Waals surface area contributed by atoms with Gasteiger partial charge in [-0.25, -0.2) is 0 Å². The van der Waals surface area contributed by atoms with Gasteiger partial charge in [0.2, 0.25) is 11.8 Å². The number of piperazine rings is 1. The van der Waals surface area contributed by atoms with Crippen LogP contribution in [0.1, 0.15) is 36.0 Å². The number of hydrogen-bond donors (Lipinski definition) is 0. The third-order valence-corrected chi connectivity index (χ3v) is 5.10. The third kappa shape index (κ3) is 2.87. The first-order valence-electron chi connectivity index (χ1n) is 8.09. The van der Waals surface area contributed by atoms with Gasteiger partial charge in [-0.15, -0.1) is 0 Å². The van der Waals surface area contributed by atoms with Crippen LogP contribution < -0.4 is 0 Å². The van der Waals surface area contributed by atoms with Crippen LogP contribution in [0.2, 0.25) is 0 Å². The predicted octanol–water partition coefficient (Wildman–Crippen LogP) is 2.10. The number of hydrogen-bond acceptors (Lipinski definition) is 2. The minimum Gasteiger partial charge on any atom is -0.339 e. The van der Waals surface area contributed by atoms with Crippen molar-refractivity contribution in [3.8, 4) is 0 Å². The molecule has 2 atom stereocenters. The number of carbonyl (C=O) groups is 2. The zero-order valence-corrected chi connectivity index (χ0v) is 13.6. The third-order valence-electron chi connectivity index (χ3n) is 5.10. The number of amides is 2. The lowest BCUT2D eigenvalue weighted by molar-refractivity contribution is -0.139. The molecule has 4 heteroatoms. The molecule has 1 aromatic carbocycles. The minimum atomic E-state index is 0.103. The van der Waals surface area contributed by atoms with Crippen molar-refractivity contribution in [2.45, 2.75) is 33.1 Å². The van der Waals surface area contributed by atoms with Crippen LogP contribution in [0.3, 0.4) is 0 Å². The van der Waals surface area contributed by atoms with E-state index in [9.17, 15) is 9.59 Å². The summed E-state index contributed by atoms with van der Waals surface area (Å²) >= 11 is 0. The summed E-state index contributed by atoms with van der Waals surface area (Å²) in [5, 5.41) is 0. The van der Waals surface area contributed by atoms with Gasteiger partial charge in [-0.05, 0) is 42.9 Å². The van der Waals surface area contributed by atoms with E-state index in [0.717, 1.165) is 6.42 Å². The molecule has 22 heavy (non-hydrogen) atoms. The van der Waals surface area contributed by atoms with Crippen molar-refractivity contribution >= 4 is 11.8 Å². The van der Waals surface area contributed by atoms with Crippen LogP contribution in [0, 0.1) is 19.8 Å². The fourth-order valence-electron chi connectivity index (χ4n) is 3.31. The Kier molecular flexibility index (Phi) is 3.94. The first kappa shape index (κ1) is 15.1. The van der Waals surface area contributed by atoms with E-state index in [4.69, 9.17) is 0 Å². The van der Waals surface area contributed by atoms with Gasteiger partial charge in [0.25, 0.3) is 0 Å². The second-order valence-corrected chi connectivity index (χ2v) is 6.62. The first-order chi connectivity index (χ1) is 10.5. The molecule has 1 saturated heterocycles. The van der Waals surface area contributed by atoms with Crippen LogP contribution in [-0.2, 0) is 9.59 Å². The van der Waals surface area contributed by atoms with E-state index in [1.165, 1.54) is 16.7 Å². The van der Waals surface area contributed by atoms with Crippen LogP contribution in [0.5, 0.6) is 0 Å². The van der Waals surface area contributed by atoms with Crippen molar-refractivity contribution < 1.29 is 9.59 Å². The normalized spacial score (nSPS) is 24.3. The van der Waals surface area contributed by atoms with Crippen molar-refractivity contribution in [1.29, 1.82) is 0 Å². The Morgan fingerprint density at radius 1 is 1.00 bits per heavy atom. The lowest BCUT2D eigenvalue weighted by atomic mass is 10.0. The summed E-state index contributed by atoms with van der Waals surface area (Å²) in [4.78, 5) is 27.7. The van der Waals surface area contributed by atoms with Gasteiger partial charge >= 0.3 is 0 Å². The molecule has 1 aromatic rings. The monoisotopic (exact) mass is 300 g/mol. The Balaban J connectivity index is 1.59. The molecular formula is C18H24N2O2. The molecular weight excluding hydrogens is 276 g/mol. The second-order valence-electron chi connectivity index (χ2n) is 6.62. The molecule has 1 saturated carbocycles. The van der Waals surface area contributed by atoms with E-state index in [-0.39, 0.29) is 17.7 Å². The Morgan fingerprint density at radius 2 is 1.64 bits per heavy atom. The van der Waals surface area contributed by atoms with E-state index >= 15 is 0 Å². The fourth-order valence-corrected chi connectivity index (χ4v) is 3.31. The molecule has 1 aliphatic carbocycles. The average Bonchev–Trinajstić information content (AvgIpc) is 3.30. The number of nitrogens with zero attached hydrogens (tertiary/aromatic N) is 2. The van der Waals surface area contributed by atoms with E-state index in [2.05, 4.69) is 32.0 Å². The molecule has 0 N–H and O–H groups in total. The summed E-state index contributed by atoms with van der Waals surface area (Å²) in [6.45, 7) is 8.52. The van der Waals surface area contributed by atoms with Crippen LogP contribution >= 0.6 is 0 Å². The van der Waals surface area contributed by atoms with Crippen molar-refractivity contribution in [2.75, 3.05) is 26.2 Å². The SMILES string of the molecule is CC(=O)N1CCN(C(=O)[C@H]2C[C@H]2c2ccc(C)c(C)c2)CC1. The summed E-state index contributed by atoms with van der Waals surface area (Å²) in [6.07, 6.45) is 0.967. The highest BCUT2D eigenvalue weighted by Gasteiger charge is 2.46. The summed E-state index contributed by atoms with van der Waals surface area (Å²) in [5.74, 6) is 0.904. The predicted molar refractivity (Wildman–Crippen MR) is 85.6 cm³/mol. The topological polar surface area (TPSA) is 40.6 Å². The molecule has 0 aromatic heterocycles. The van der Waals surface area contributed by atoms with Gasteiger partial charge in [0.15, 0.2) is 0 Å². The Labute approximate surface area is 132 Å². The Bertz CT molecular complexity index is 603. The van der Waals surface area contributed by atoms with Crippen LogP contribution in [0.25, 0.3) is 0 Å². The molecule has 3 rings (SSSR count). The zero-order valence-electron chi connectivity index (χ0n) is 13.6. The van der Waals surface area contributed by atoms with E-state index in [1.54, 1.807) is 6.92 Å². The van der Waals surface area contributed by atoms with Crippen LogP contribution in [-0.4, -0.2) is 47.8 Å². The molecule has 0 spiro atoms. The number of aryl methyl sites for hydroxylation is 2. The van der Waals surface area contributed by atoms with E-state index < -0.39 is 0 Å². The van der Waals surface area contributed by atoms with Crippen molar-refractivity contribution in [2.24, 2.45) is 5.92 Å². The molecule has 1 aliphatic heterocycles. The summed E-state index contributed by atoms with van der Waals surface area (Å²) in [6, 6.07) is 6.53. The molecule has 2 amide bonds. The summed E-state index contributed by atoms with van der Waals surface area (Å²) < 4.78 is 0. The van der Waals surface area contributed by atoms with Gasteiger partial charge < -0.3 is 9.80 Å². The average molecular weight is 300 g/mol. The highest BCUT2D eigenvalue weighted by Crippen LogP contribution is 2.48. The molecule has 0 radical (unpaired) electrons.